The van der Waals surface area contributed by atoms with Gasteiger partial charge in [0.05, 0.1) is 5.69 Å². The monoisotopic (exact) mass is 387 g/mol. The predicted molar refractivity (Wildman–Crippen MR) is 109 cm³/mol. The van der Waals surface area contributed by atoms with Crippen LogP contribution in [0.5, 0.6) is 11.5 Å². The van der Waals surface area contributed by atoms with E-state index in [1.54, 1.807) is 6.20 Å². The molecule has 0 aliphatic carbocycles. The van der Waals surface area contributed by atoms with Gasteiger partial charge in [-0.1, -0.05) is 17.3 Å². The molecule has 0 atom stereocenters. The van der Waals surface area contributed by atoms with E-state index in [9.17, 15) is 0 Å². The van der Waals surface area contributed by atoms with Crippen molar-refractivity contribution in [1.82, 2.24) is 30.6 Å². The summed E-state index contributed by atoms with van der Waals surface area (Å²) in [6.07, 6.45) is 3.27. The lowest BCUT2D eigenvalue weighted by Crippen LogP contribution is -1.98. The Labute approximate surface area is 168 Å². The third kappa shape index (κ3) is 4.92. The predicted octanol–water partition coefficient (Wildman–Crippen LogP) is 3.93. The second-order valence-corrected chi connectivity index (χ2v) is 6.67. The molecule has 0 saturated heterocycles. The first-order valence-corrected chi connectivity index (χ1v) is 9.32. The minimum atomic E-state index is 0.699. The molecule has 0 bridgehead atoms. The van der Waals surface area contributed by atoms with Crippen molar-refractivity contribution in [3.8, 4) is 11.5 Å². The van der Waals surface area contributed by atoms with Crippen LogP contribution < -0.4 is 10.1 Å². The lowest BCUT2D eigenvalue weighted by atomic mass is 10.1. The van der Waals surface area contributed by atoms with E-state index in [0.29, 0.717) is 17.4 Å². The average Bonchev–Trinajstić information content (AvgIpc) is 3.23. The zero-order chi connectivity index (χ0) is 20.1. The first kappa shape index (κ1) is 18.5. The number of hydrogen-bond donors (Lipinski definition) is 2. The molecule has 0 fully saturated rings. The van der Waals surface area contributed by atoms with Gasteiger partial charge in [-0.15, -0.1) is 10.2 Å². The molecule has 0 aliphatic rings. The first-order chi connectivity index (χ1) is 14.2. The summed E-state index contributed by atoms with van der Waals surface area (Å²) in [6.45, 7) is 3.89. The van der Waals surface area contributed by atoms with Gasteiger partial charge < -0.3 is 10.1 Å². The molecule has 3 aromatic heterocycles. The zero-order valence-electron chi connectivity index (χ0n) is 16.3. The van der Waals surface area contributed by atoms with Crippen molar-refractivity contribution in [2.45, 2.75) is 26.7 Å². The number of aryl methyl sites for hydroxylation is 4. The van der Waals surface area contributed by atoms with Crippen LogP contribution in [-0.2, 0) is 12.8 Å². The second kappa shape index (κ2) is 8.47. The summed E-state index contributed by atoms with van der Waals surface area (Å²) in [5.41, 5.74) is 3.94. The van der Waals surface area contributed by atoms with Gasteiger partial charge in [-0.2, -0.15) is 5.21 Å². The quantitative estimate of drug-likeness (QED) is 0.495. The lowest BCUT2D eigenvalue weighted by Gasteiger charge is -2.11. The summed E-state index contributed by atoms with van der Waals surface area (Å²) in [7, 11) is 0. The summed E-state index contributed by atoms with van der Waals surface area (Å²) < 4.78 is 5.98. The number of aromatic nitrogens is 6. The zero-order valence-corrected chi connectivity index (χ0v) is 16.3. The fourth-order valence-electron chi connectivity index (χ4n) is 2.95. The van der Waals surface area contributed by atoms with Crippen LogP contribution in [0.4, 0.5) is 11.5 Å². The van der Waals surface area contributed by atoms with E-state index < -0.39 is 0 Å². The Balaban J connectivity index is 1.44. The Hall–Kier alpha value is -3.81. The van der Waals surface area contributed by atoms with Crippen LogP contribution in [-0.4, -0.2) is 30.6 Å². The molecule has 29 heavy (non-hydrogen) atoms. The highest BCUT2D eigenvalue weighted by atomic mass is 16.5. The smallest absolute Gasteiger partial charge is 0.174 e. The van der Waals surface area contributed by atoms with E-state index in [1.165, 1.54) is 5.56 Å². The molecule has 4 aromatic rings. The molecule has 0 saturated carbocycles. The maximum Gasteiger partial charge on any atom is 0.174 e. The Morgan fingerprint density at radius 3 is 2.79 bits per heavy atom. The highest BCUT2D eigenvalue weighted by Gasteiger charge is 2.06. The Kier molecular flexibility index (Phi) is 5.42. The Morgan fingerprint density at radius 2 is 1.97 bits per heavy atom. The largest absolute Gasteiger partial charge is 0.455 e. The molecule has 0 aliphatic heterocycles. The number of benzene rings is 1. The number of anilines is 2. The molecule has 146 valence electrons. The van der Waals surface area contributed by atoms with Crippen molar-refractivity contribution in [2.75, 3.05) is 5.32 Å². The number of rotatable bonds is 7. The minimum absolute atomic E-state index is 0.699. The minimum Gasteiger partial charge on any atom is -0.455 e. The lowest BCUT2D eigenvalue weighted by molar-refractivity contribution is 0.475. The number of nitrogens with zero attached hydrogens (tertiary/aromatic N) is 5. The van der Waals surface area contributed by atoms with Gasteiger partial charge in [0.25, 0.3) is 0 Å². The summed E-state index contributed by atoms with van der Waals surface area (Å²) in [5.74, 6) is 2.84. The summed E-state index contributed by atoms with van der Waals surface area (Å²) in [5, 5.41) is 17.4. The molecular weight excluding hydrogens is 366 g/mol. The number of tetrazole rings is 1. The van der Waals surface area contributed by atoms with Crippen LogP contribution in [0.1, 0.15) is 22.8 Å². The third-order valence-electron chi connectivity index (χ3n) is 4.36. The fraction of sp³-hybridized carbons (Fsp3) is 0.190. The number of hydrogen-bond acceptors (Lipinski definition) is 7. The highest BCUT2D eigenvalue weighted by Crippen LogP contribution is 2.26. The molecule has 8 nitrogen and oxygen atoms in total. The van der Waals surface area contributed by atoms with Gasteiger partial charge in [-0.05, 0) is 56.2 Å². The molecule has 0 unspecified atom stereocenters. The van der Waals surface area contributed by atoms with E-state index in [0.717, 1.165) is 35.7 Å². The van der Waals surface area contributed by atoms with Gasteiger partial charge in [0.2, 0.25) is 0 Å². The number of nitrogens with one attached hydrogen (secondary N) is 2. The van der Waals surface area contributed by atoms with Crippen molar-refractivity contribution in [2.24, 2.45) is 0 Å². The van der Waals surface area contributed by atoms with Gasteiger partial charge in [0.15, 0.2) is 5.82 Å². The van der Waals surface area contributed by atoms with Gasteiger partial charge in [0.1, 0.15) is 17.3 Å². The standard InChI is InChI=1S/C21H21N7O/c1-14-6-8-19(15(2)23-14)29-18-10-11-22-21(13-18)24-17-5-3-4-16(12-17)7-9-20-25-27-28-26-20/h3-6,8,10-13H,7,9H2,1-2H3,(H,22,24)(H,25,26,27,28). The van der Waals surface area contributed by atoms with Gasteiger partial charge >= 0.3 is 0 Å². The van der Waals surface area contributed by atoms with Crippen molar-refractivity contribution in [1.29, 1.82) is 0 Å². The normalized spacial score (nSPS) is 10.7. The maximum absolute atomic E-state index is 5.98. The topological polar surface area (TPSA) is 102 Å². The SMILES string of the molecule is Cc1ccc(Oc2ccnc(Nc3cccc(CCc4nn[nH]n4)c3)c2)c(C)n1. The third-order valence-corrected chi connectivity index (χ3v) is 4.36. The van der Waals surface area contributed by atoms with Gasteiger partial charge in [-0.3, -0.25) is 4.98 Å². The number of H-pyrrole nitrogens is 1. The highest BCUT2D eigenvalue weighted by molar-refractivity contribution is 5.58. The number of ether oxygens (including phenoxy) is 1. The Morgan fingerprint density at radius 1 is 1.03 bits per heavy atom. The molecule has 8 heteroatoms. The van der Waals surface area contributed by atoms with E-state index in [-0.39, 0.29) is 0 Å². The van der Waals surface area contributed by atoms with Crippen molar-refractivity contribution >= 4 is 11.5 Å². The van der Waals surface area contributed by atoms with Crippen LogP contribution in [0.3, 0.4) is 0 Å². The second-order valence-electron chi connectivity index (χ2n) is 6.67. The number of aromatic amines is 1. The van der Waals surface area contributed by atoms with Crippen molar-refractivity contribution in [3.05, 3.63) is 77.5 Å². The average molecular weight is 387 g/mol. The Bertz CT molecular complexity index is 1100. The molecule has 2 N–H and O–H groups in total. The van der Waals surface area contributed by atoms with Crippen molar-refractivity contribution < 1.29 is 4.74 Å². The first-order valence-electron chi connectivity index (χ1n) is 9.32. The molecule has 0 spiro atoms. The van der Waals surface area contributed by atoms with Gasteiger partial charge in [-0.25, -0.2) is 4.98 Å². The molecule has 4 rings (SSSR count). The van der Waals surface area contributed by atoms with Gasteiger partial charge in [0, 0.05) is 30.1 Å². The van der Waals surface area contributed by atoms with Crippen LogP contribution in [0.15, 0.2) is 54.7 Å². The number of pyridine rings is 2. The molecule has 3 heterocycles. The molecular formula is C21H21N7O. The van der Waals surface area contributed by atoms with Crippen LogP contribution in [0, 0.1) is 13.8 Å². The van der Waals surface area contributed by atoms with Crippen LogP contribution in [0.25, 0.3) is 0 Å². The van der Waals surface area contributed by atoms with Crippen molar-refractivity contribution in [3.63, 3.8) is 0 Å². The fourth-order valence-corrected chi connectivity index (χ4v) is 2.95. The van der Waals surface area contributed by atoms with E-state index in [2.05, 4.69) is 48.0 Å². The van der Waals surface area contributed by atoms with Crippen LogP contribution >= 0.6 is 0 Å². The van der Waals surface area contributed by atoms with E-state index in [4.69, 9.17) is 4.74 Å². The maximum atomic E-state index is 5.98. The molecule has 0 radical (unpaired) electrons. The summed E-state index contributed by atoms with van der Waals surface area (Å²) >= 11 is 0. The molecule has 0 amide bonds. The molecule has 1 aromatic carbocycles. The van der Waals surface area contributed by atoms with E-state index >= 15 is 0 Å². The van der Waals surface area contributed by atoms with E-state index in [1.807, 2.05) is 50.2 Å². The summed E-state index contributed by atoms with van der Waals surface area (Å²) in [6, 6.07) is 15.7. The van der Waals surface area contributed by atoms with Crippen LogP contribution in [0.2, 0.25) is 0 Å². The summed E-state index contributed by atoms with van der Waals surface area (Å²) in [4.78, 5) is 8.82.